The van der Waals surface area contributed by atoms with Crippen LogP contribution in [0.2, 0.25) is 0 Å². The molecule has 30 heavy (non-hydrogen) atoms. The van der Waals surface area contributed by atoms with Crippen molar-refractivity contribution in [2.75, 3.05) is 0 Å². The van der Waals surface area contributed by atoms with Crippen molar-refractivity contribution in [3.05, 3.63) is 115 Å². The highest BCUT2D eigenvalue weighted by Crippen LogP contribution is 2.38. The monoisotopic (exact) mass is 402 g/mol. The maximum absolute atomic E-state index is 3.95. The number of benzene rings is 4. The SMILES string of the molecule is C=C/C(=C\C)c1cccc(-c2ccc3sc4ccc(-c5ccccc5)cc4c3c2)c1. The Hall–Kier alpha value is -3.42. The van der Waals surface area contributed by atoms with Crippen LogP contribution in [0, 0.1) is 0 Å². The van der Waals surface area contributed by atoms with Crippen LogP contribution in [0.1, 0.15) is 12.5 Å². The summed E-state index contributed by atoms with van der Waals surface area (Å²) in [5.41, 5.74) is 7.35. The van der Waals surface area contributed by atoms with Gasteiger partial charge in [0.15, 0.2) is 0 Å². The molecule has 5 aromatic rings. The molecule has 0 aliphatic rings. The minimum Gasteiger partial charge on any atom is -0.135 e. The van der Waals surface area contributed by atoms with Gasteiger partial charge in [0.1, 0.15) is 0 Å². The normalized spacial score (nSPS) is 11.8. The Morgan fingerprint density at radius 2 is 1.27 bits per heavy atom. The first kappa shape index (κ1) is 18.6. The van der Waals surface area contributed by atoms with Gasteiger partial charge in [0.2, 0.25) is 0 Å². The van der Waals surface area contributed by atoms with E-state index in [1.54, 1.807) is 0 Å². The molecular formula is C29H22S. The molecular weight excluding hydrogens is 380 g/mol. The maximum Gasteiger partial charge on any atom is 0.0355 e. The van der Waals surface area contributed by atoms with Gasteiger partial charge in [-0.15, -0.1) is 11.3 Å². The first-order chi connectivity index (χ1) is 14.8. The summed E-state index contributed by atoms with van der Waals surface area (Å²) in [6.07, 6.45) is 4.02. The molecule has 0 fully saturated rings. The first-order valence-electron chi connectivity index (χ1n) is 10.2. The Bertz CT molecular complexity index is 1400. The Balaban J connectivity index is 1.66. The van der Waals surface area contributed by atoms with E-state index in [0.29, 0.717) is 0 Å². The van der Waals surface area contributed by atoms with Gasteiger partial charge in [0.05, 0.1) is 0 Å². The van der Waals surface area contributed by atoms with E-state index in [2.05, 4.69) is 111 Å². The van der Waals surface area contributed by atoms with Crippen molar-refractivity contribution in [1.29, 1.82) is 0 Å². The van der Waals surface area contributed by atoms with E-state index in [0.717, 1.165) is 5.57 Å². The highest BCUT2D eigenvalue weighted by molar-refractivity contribution is 7.25. The van der Waals surface area contributed by atoms with Crippen LogP contribution in [-0.4, -0.2) is 0 Å². The minimum atomic E-state index is 1.16. The quantitative estimate of drug-likeness (QED) is 0.263. The third-order valence-corrected chi connectivity index (χ3v) is 6.79. The van der Waals surface area contributed by atoms with Crippen LogP contribution in [-0.2, 0) is 0 Å². The van der Waals surface area contributed by atoms with E-state index in [-0.39, 0.29) is 0 Å². The molecule has 1 heterocycles. The number of allylic oxidation sites excluding steroid dienone is 3. The van der Waals surface area contributed by atoms with Gasteiger partial charge in [-0.3, -0.25) is 0 Å². The van der Waals surface area contributed by atoms with Gasteiger partial charge in [-0.05, 0) is 70.6 Å². The molecule has 0 N–H and O–H groups in total. The predicted molar refractivity (Wildman–Crippen MR) is 134 cm³/mol. The molecule has 0 aliphatic heterocycles. The summed E-state index contributed by atoms with van der Waals surface area (Å²) in [4.78, 5) is 0. The van der Waals surface area contributed by atoms with E-state index in [1.807, 2.05) is 17.4 Å². The fourth-order valence-electron chi connectivity index (χ4n) is 4.05. The summed E-state index contributed by atoms with van der Waals surface area (Å²) in [6.45, 7) is 6.00. The molecule has 144 valence electrons. The van der Waals surface area contributed by atoms with Crippen molar-refractivity contribution in [1.82, 2.24) is 0 Å². The van der Waals surface area contributed by atoms with Crippen molar-refractivity contribution in [3.8, 4) is 22.3 Å². The van der Waals surface area contributed by atoms with Crippen LogP contribution >= 0.6 is 11.3 Å². The molecule has 0 saturated carbocycles. The van der Waals surface area contributed by atoms with E-state index >= 15 is 0 Å². The molecule has 0 atom stereocenters. The predicted octanol–water partition coefficient (Wildman–Crippen LogP) is 8.98. The average Bonchev–Trinajstić information content (AvgIpc) is 3.18. The van der Waals surface area contributed by atoms with E-state index in [9.17, 15) is 0 Å². The molecule has 0 saturated heterocycles. The van der Waals surface area contributed by atoms with Crippen LogP contribution in [0.25, 0.3) is 48.0 Å². The molecule has 0 unspecified atom stereocenters. The van der Waals surface area contributed by atoms with Crippen LogP contribution in [0.4, 0.5) is 0 Å². The Morgan fingerprint density at radius 1 is 0.667 bits per heavy atom. The van der Waals surface area contributed by atoms with E-state index in [1.165, 1.54) is 48.0 Å². The fraction of sp³-hybridized carbons (Fsp3) is 0.0345. The van der Waals surface area contributed by atoms with Crippen molar-refractivity contribution in [2.24, 2.45) is 0 Å². The van der Waals surface area contributed by atoms with Crippen LogP contribution in [0.3, 0.4) is 0 Å². The molecule has 1 aromatic heterocycles. The van der Waals surface area contributed by atoms with Crippen molar-refractivity contribution >= 4 is 37.1 Å². The molecule has 0 bridgehead atoms. The van der Waals surface area contributed by atoms with Gasteiger partial charge < -0.3 is 0 Å². The Morgan fingerprint density at radius 3 is 1.90 bits per heavy atom. The second-order valence-electron chi connectivity index (χ2n) is 7.42. The highest BCUT2D eigenvalue weighted by atomic mass is 32.1. The van der Waals surface area contributed by atoms with Crippen molar-refractivity contribution < 1.29 is 0 Å². The second-order valence-corrected chi connectivity index (χ2v) is 8.50. The molecule has 0 aliphatic carbocycles. The molecule has 1 heteroatoms. The van der Waals surface area contributed by atoms with Gasteiger partial charge in [-0.2, -0.15) is 0 Å². The molecule has 4 aromatic carbocycles. The van der Waals surface area contributed by atoms with E-state index in [4.69, 9.17) is 0 Å². The lowest BCUT2D eigenvalue weighted by molar-refractivity contribution is 1.58. The topological polar surface area (TPSA) is 0 Å². The lowest BCUT2D eigenvalue weighted by Gasteiger charge is -2.07. The van der Waals surface area contributed by atoms with Crippen molar-refractivity contribution in [2.45, 2.75) is 6.92 Å². The number of fused-ring (bicyclic) bond motifs is 3. The van der Waals surface area contributed by atoms with Crippen LogP contribution in [0.5, 0.6) is 0 Å². The van der Waals surface area contributed by atoms with Crippen LogP contribution < -0.4 is 0 Å². The zero-order valence-corrected chi connectivity index (χ0v) is 17.7. The van der Waals surface area contributed by atoms with Gasteiger partial charge in [-0.1, -0.05) is 79.4 Å². The van der Waals surface area contributed by atoms with Gasteiger partial charge in [-0.25, -0.2) is 0 Å². The fourth-order valence-corrected chi connectivity index (χ4v) is 5.11. The summed E-state index contributed by atoms with van der Waals surface area (Å²) in [5, 5.41) is 2.65. The molecule has 0 amide bonds. The summed E-state index contributed by atoms with van der Waals surface area (Å²) in [7, 11) is 0. The first-order valence-corrected chi connectivity index (χ1v) is 11.0. The maximum atomic E-state index is 3.95. The van der Waals surface area contributed by atoms with Gasteiger partial charge >= 0.3 is 0 Å². The average molecular weight is 403 g/mol. The number of thiophene rings is 1. The zero-order valence-electron chi connectivity index (χ0n) is 16.9. The number of rotatable bonds is 4. The van der Waals surface area contributed by atoms with Gasteiger partial charge in [0.25, 0.3) is 0 Å². The Labute approximate surface area is 181 Å². The number of hydrogen-bond donors (Lipinski definition) is 0. The Kier molecular flexibility index (Phi) is 4.82. The lowest BCUT2D eigenvalue weighted by atomic mass is 9.97. The summed E-state index contributed by atoms with van der Waals surface area (Å²) in [5.74, 6) is 0. The summed E-state index contributed by atoms with van der Waals surface area (Å²) >= 11 is 1.86. The minimum absolute atomic E-state index is 1.16. The second kappa shape index (κ2) is 7.78. The molecule has 5 rings (SSSR count). The highest BCUT2D eigenvalue weighted by Gasteiger charge is 2.09. The van der Waals surface area contributed by atoms with Gasteiger partial charge in [0, 0.05) is 20.2 Å². The summed E-state index contributed by atoms with van der Waals surface area (Å²) < 4.78 is 2.66. The molecule has 0 radical (unpaired) electrons. The van der Waals surface area contributed by atoms with E-state index < -0.39 is 0 Å². The van der Waals surface area contributed by atoms with Crippen molar-refractivity contribution in [3.63, 3.8) is 0 Å². The van der Waals surface area contributed by atoms with Crippen LogP contribution in [0.15, 0.2) is 110 Å². The third kappa shape index (κ3) is 3.28. The zero-order chi connectivity index (χ0) is 20.5. The smallest absolute Gasteiger partial charge is 0.0355 e. The third-order valence-electron chi connectivity index (χ3n) is 5.64. The number of hydrogen-bond acceptors (Lipinski definition) is 1. The molecule has 0 spiro atoms. The molecule has 0 nitrogen and oxygen atoms in total. The lowest BCUT2D eigenvalue weighted by Crippen LogP contribution is -1.83. The largest absolute Gasteiger partial charge is 0.135 e. The summed E-state index contributed by atoms with van der Waals surface area (Å²) in [6, 6.07) is 33.0. The standard InChI is InChI=1S/C29H22S/c1-3-20(4-2)22-11-8-12-23(17-22)25-14-16-29-27(19-25)26-18-24(13-15-28(26)30-29)21-9-6-5-7-10-21/h3-19H,1H2,2H3/b20-4+.